The first kappa shape index (κ1) is 14.3. The topological polar surface area (TPSA) is 105 Å². The highest BCUT2D eigenvalue weighted by Gasteiger charge is 2.19. The Bertz CT molecular complexity index is 838. The molecule has 0 atom stereocenters. The second kappa shape index (κ2) is 5.61. The Labute approximate surface area is 124 Å². The van der Waals surface area contributed by atoms with Crippen LogP contribution in [0, 0.1) is 5.82 Å². The number of primary amides is 1. The maximum Gasteiger partial charge on any atom is 0.271 e. The number of aryl methyl sites for hydroxylation is 1. The number of nitrogens with two attached hydrogens (primary N) is 1. The van der Waals surface area contributed by atoms with Gasteiger partial charge < -0.3 is 20.3 Å². The maximum atomic E-state index is 13.4. The van der Waals surface area contributed by atoms with Crippen LogP contribution in [0.25, 0.3) is 10.9 Å². The van der Waals surface area contributed by atoms with E-state index in [0.29, 0.717) is 18.4 Å². The molecular formula is C15H14FN3O3. The van der Waals surface area contributed by atoms with Gasteiger partial charge in [-0.15, -0.1) is 0 Å². The van der Waals surface area contributed by atoms with Crippen LogP contribution in [-0.2, 0) is 19.4 Å². The van der Waals surface area contributed by atoms with Gasteiger partial charge in [0.05, 0.1) is 0 Å². The number of aliphatic hydroxyl groups excluding tert-OH is 1. The van der Waals surface area contributed by atoms with E-state index in [1.54, 1.807) is 12.3 Å². The standard InChI is InChI=1S/C15H14FN3O3/c16-9-2-4-12-11(5-9)8(6-18-12)1-3-10-13(7-20)22-19-14(10)15(17)21/h2,4-6,18,20H,1,3,7H2,(H2,17,21). The van der Waals surface area contributed by atoms with Crippen molar-refractivity contribution in [3.05, 3.63) is 52.8 Å². The van der Waals surface area contributed by atoms with Gasteiger partial charge in [-0.25, -0.2) is 4.39 Å². The van der Waals surface area contributed by atoms with E-state index >= 15 is 0 Å². The van der Waals surface area contributed by atoms with E-state index in [0.717, 1.165) is 16.5 Å². The number of halogens is 1. The molecule has 6 nitrogen and oxygen atoms in total. The van der Waals surface area contributed by atoms with Crippen LogP contribution < -0.4 is 5.73 Å². The third-order valence-electron chi connectivity index (χ3n) is 3.62. The van der Waals surface area contributed by atoms with Crippen LogP contribution in [0.1, 0.15) is 27.4 Å². The van der Waals surface area contributed by atoms with Gasteiger partial charge in [-0.1, -0.05) is 5.16 Å². The van der Waals surface area contributed by atoms with Crippen molar-refractivity contribution in [2.75, 3.05) is 0 Å². The van der Waals surface area contributed by atoms with Crippen LogP contribution in [-0.4, -0.2) is 21.2 Å². The summed E-state index contributed by atoms with van der Waals surface area (Å²) in [5, 5.41) is 13.6. The fourth-order valence-electron chi connectivity index (χ4n) is 2.54. The van der Waals surface area contributed by atoms with Gasteiger partial charge in [0.1, 0.15) is 12.4 Å². The van der Waals surface area contributed by atoms with Crippen LogP contribution >= 0.6 is 0 Å². The van der Waals surface area contributed by atoms with E-state index in [1.807, 2.05) is 0 Å². The van der Waals surface area contributed by atoms with Crippen molar-refractivity contribution >= 4 is 16.8 Å². The first-order chi connectivity index (χ1) is 10.6. The minimum Gasteiger partial charge on any atom is -0.388 e. The first-order valence-corrected chi connectivity index (χ1v) is 6.73. The second-order valence-corrected chi connectivity index (χ2v) is 4.96. The highest BCUT2D eigenvalue weighted by Crippen LogP contribution is 2.23. The smallest absolute Gasteiger partial charge is 0.271 e. The van der Waals surface area contributed by atoms with Crippen LogP contribution in [0.5, 0.6) is 0 Å². The van der Waals surface area contributed by atoms with Crippen molar-refractivity contribution in [2.24, 2.45) is 5.73 Å². The van der Waals surface area contributed by atoms with Crippen molar-refractivity contribution in [3.8, 4) is 0 Å². The largest absolute Gasteiger partial charge is 0.388 e. The molecule has 2 heterocycles. The van der Waals surface area contributed by atoms with E-state index in [-0.39, 0.29) is 23.9 Å². The lowest BCUT2D eigenvalue weighted by atomic mass is 10.0. The minimum atomic E-state index is -0.705. The number of carbonyl (C=O) groups excluding carboxylic acids is 1. The molecule has 7 heteroatoms. The average molecular weight is 303 g/mol. The molecule has 1 aromatic carbocycles. The molecule has 0 unspecified atom stereocenters. The molecule has 3 rings (SSSR count). The number of H-pyrrole nitrogens is 1. The van der Waals surface area contributed by atoms with Gasteiger partial charge in [-0.2, -0.15) is 0 Å². The number of benzene rings is 1. The van der Waals surface area contributed by atoms with Crippen LogP contribution in [0.15, 0.2) is 28.9 Å². The molecule has 0 saturated heterocycles. The fraction of sp³-hybridized carbons (Fsp3) is 0.200. The molecule has 114 valence electrons. The Morgan fingerprint density at radius 1 is 1.41 bits per heavy atom. The normalized spacial score (nSPS) is 11.2. The Kier molecular flexibility index (Phi) is 3.64. The SMILES string of the molecule is NC(=O)c1noc(CO)c1CCc1c[nH]c2ccc(F)cc12. The van der Waals surface area contributed by atoms with Gasteiger partial charge in [0.25, 0.3) is 5.91 Å². The average Bonchev–Trinajstić information content (AvgIpc) is 3.08. The lowest BCUT2D eigenvalue weighted by molar-refractivity contribution is 0.0990. The number of hydrogen-bond donors (Lipinski definition) is 3. The van der Waals surface area contributed by atoms with Gasteiger partial charge in [0, 0.05) is 22.7 Å². The van der Waals surface area contributed by atoms with Crippen LogP contribution in [0.4, 0.5) is 4.39 Å². The highest BCUT2D eigenvalue weighted by atomic mass is 19.1. The van der Waals surface area contributed by atoms with Gasteiger partial charge >= 0.3 is 0 Å². The number of fused-ring (bicyclic) bond motifs is 1. The van der Waals surface area contributed by atoms with E-state index in [1.165, 1.54) is 12.1 Å². The molecule has 2 aromatic heterocycles. The lowest BCUT2D eigenvalue weighted by Gasteiger charge is -2.01. The summed E-state index contributed by atoms with van der Waals surface area (Å²) in [6.45, 7) is -0.363. The second-order valence-electron chi connectivity index (χ2n) is 4.96. The fourth-order valence-corrected chi connectivity index (χ4v) is 2.54. The summed E-state index contributed by atoms with van der Waals surface area (Å²) in [5.41, 5.74) is 7.48. The predicted molar refractivity (Wildman–Crippen MR) is 76.6 cm³/mol. The zero-order chi connectivity index (χ0) is 15.7. The van der Waals surface area contributed by atoms with Crippen molar-refractivity contribution in [1.29, 1.82) is 0 Å². The lowest BCUT2D eigenvalue weighted by Crippen LogP contribution is -2.14. The molecular weight excluding hydrogens is 289 g/mol. The summed E-state index contributed by atoms with van der Waals surface area (Å²) in [7, 11) is 0. The monoisotopic (exact) mass is 303 g/mol. The van der Waals surface area contributed by atoms with Crippen molar-refractivity contribution in [2.45, 2.75) is 19.4 Å². The van der Waals surface area contributed by atoms with E-state index in [2.05, 4.69) is 10.1 Å². The Balaban J connectivity index is 1.90. The van der Waals surface area contributed by atoms with E-state index < -0.39 is 5.91 Å². The van der Waals surface area contributed by atoms with E-state index in [4.69, 9.17) is 10.3 Å². The zero-order valence-electron chi connectivity index (χ0n) is 11.6. The number of amides is 1. The van der Waals surface area contributed by atoms with Crippen molar-refractivity contribution in [3.63, 3.8) is 0 Å². The number of nitrogens with zero attached hydrogens (tertiary/aromatic N) is 1. The van der Waals surface area contributed by atoms with Gasteiger partial charge in [-0.05, 0) is 36.6 Å². The molecule has 0 bridgehead atoms. The molecule has 3 aromatic rings. The van der Waals surface area contributed by atoms with Crippen LogP contribution in [0.2, 0.25) is 0 Å². The van der Waals surface area contributed by atoms with Gasteiger partial charge in [0.15, 0.2) is 11.5 Å². The molecule has 1 amide bonds. The Hall–Kier alpha value is -2.67. The Morgan fingerprint density at radius 2 is 2.23 bits per heavy atom. The highest BCUT2D eigenvalue weighted by molar-refractivity contribution is 5.92. The van der Waals surface area contributed by atoms with Gasteiger partial charge in [0.2, 0.25) is 0 Å². The number of nitrogens with one attached hydrogen (secondary N) is 1. The molecule has 0 spiro atoms. The first-order valence-electron chi connectivity index (χ1n) is 6.73. The molecule has 0 aliphatic heterocycles. The van der Waals surface area contributed by atoms with E-state index in [9.17, 15) is 14.3 Å². The van der Waals surface area contributed by atoms with Crippen molar-refractivity contribution < 1.29 is 18.8 Å². The summed E-state index contributed by atoms with van der Waals surface area (Å²) < 4.78 is 18.3. The summed E-state index contributed by atoms with van der Waals surface area (Å²) in [6, 6.07) is 4.51. The third kappa shape index (κ3) is 2.46. The number of hydrogen-bond acceptors (Lipinski definition) is 4. The van der Waals surface area contributed by atoms with Gasteiger partial charge in [-0.3, -0.25) is 4.79 Å². The molecule has 22 heavy (non-hydrogen) atoms. The zero-order valence-corrected chi connectivity index (χ0v) is 11.6. The Morgan fingerprint density at radius 3 is 2.95 bits per heavy atom. The van der Waals surface area contributed by atoms with Crippen LogP contribution in [0.3, 0.4) is 0 Å². The molecule has 0 aliphatic carbocycles. The number of rotatable bonds is 5. The molecule has 4 N–H and O–H groups in total. The minimum absolute atomic E-state index is 0.0232. The third-order valence-corrected chi connectivity index (χ3v) is 3.62. The van der Waals surface area contributed by atoms with Crippen molar-refractivity contribution in [1.82, 2.24) is 10.1 Å². The predicted octanol–water partition coefficient (Wildman–Crippen LogP) is 1.67. The molecule has 0 fully saturated rings. The summed E-state index contributed by atoms with van der Waals surface area (Å²) >= 11 is 0. The summed E-state index contributed by atoms with van der Waals surface area (Å²) in [4.78, 5) is 14.4. The molecule has 0 saturated carbocycles. The quantitative estimate of drug-likeness (QED) is 0.666. The summed E-state index contributed by atoms with van der Waals surface area (Å²) in [5.74, 6) is -0.796. The number of carbonyl (C=O) groups is 1. The molecule has 0 radical (unpaired) electrons. The number of aromatic amines is 1. The maximum absolute atomic E-state index is 13.4. The number of aromatic nitrogens is 2. The summed E-state index contributed by atoms with van der Waals surface area (Å²) in [6.07, 6.45) is 2.72. The molecule has 0 aliphatic rings. The number of aliphatic hydroxyl groups is 1.